The third-order valence-electron chi connectivity index (χ3n) is 1.22. The van der Waals surface area contributed by atoms with Gasteiger partial charge in [-0.2, -0.15) is 0 Å². The molecule has 0 rings (SSSR count). The van der Waals surface area contributed by atoms with Gasteiger partial charge in [-0.1, -0.05) is 0 Å². The summed E-state index contributed by atoms with van der Waals surface area (Å²) in [6.45, 7) is 6.66. The third kappa shape index (κ3) is 6.28. The van der Waals surface area contributed by atoms with E-state index in [2.05, 4.69) is 0 Å². The monoisotopic (exact) mass is 187 g/mol. The molecule has 0 spiro atoms. The van der Waals surface area contributed by atoms with E-state index >= 15 is 0 Å². The number of nitrogens with two attached hydrogens (primary N) is 1. The smallest absolute Gasteiger partial charge is 0.323 e. The first-order chi connectivity index (χ1) is 5.72. The van der Waals surface area contributed by atoms with Gasteiger partial charge >= 0.3 is 5.97 Å². The van der Waals surface area contributed by atoms with Gasteiger partial charge in [-0.25, -0.2) is 0 Å². The van der Waals surface area contributed by atoms with E-state index < -0.39 is 17.6 Å². The number of carbonyl (C=O) groups is 2. The van der Waals surface area contributed by atoms with Crippen LogP contribution in [0.15, 0.2) is 0 Å². The molecule has 4 heteroatoms. The largest absolute Gasteiger partial charge is 0.459 e. The molecule has 0 amide bonds. The summed E-state index contributed by atoms with van der Waals surface area (Å²) >= 11 is 0. The molecule has 0 aromatic carbocycles. The van der Waals surface area contributed by atoms with Crippen LogP contribution in [0.4, 0.5) is 0 Å². The molecule has 0 aliphatic rings. The summed E-state index contributed by atoms with van der Waals surface area (Å²) in [5.74, 6) is -0.638. The Bertz CT molecular complexity index is 205. The second kappa shape index (κ2) is 4.37. The lowest BCUT2D eigenvalue weighted by Crippen LogP contribution is -2.38. The predicted octanol–water partition coefficient (Wildman–Crippen LogP) is 0.634. The van der Waals surface area contributed by atoms with Gasteiger partial charge in [-0.3, -0.25) is 9.59 Å². The summed E-state index contributed by atoms with van der Waals surface area (Å²) in [5.41, 5.74) is 4.88. The Labute approximate surface area is 78.4 Å². The Balaban J connectivity index is 4.05. The number of ether oxygens (including phenoxy) is 1. The average molecular weight is 187 g/mol. The first-order valence-corrected chi connectivity index (χ1v) is 4.20. The Morgan fingerprint density at radius 2 is 1.85 bits per heavy atom. The molecule has 0 aliphatic carbocycles. The van der Waals surface area contributed by atoms with E-state index in [4.69, 9.17) is 10.5 Å². The number of hydrogen-bond donors (Lipinski definition) is 1. The van der Waals surface area contributed by atoms with Crippen LogP contribution in [0.3, 0.4) is 0 Å². The Kier molecular flexibility index (Phi) is 4.07. The van der Waals surface area contributed by atoms with Crippen LogP contribution in [-0.2, 0) is 14.3 Å². The summed E-state index contributed by atoms with van der Waals surface area (Å²) in [7, 11) is 0. The van der Waals surface area contributed by atoms with Crippen LogP contribution in [0, 0.1) is 0 Å². The lowest BCUT2D eigenvalue weighted by atomic mass is 10.1. The number of esters is 1. The van der Waals surface area contributed by atoms with Gasteiger partial charge in [0.15, 0.2) is 0 Å². The molecule has 1 atom stereocenters. The van der Waals surface area contributed by atoms with E-state index in [1.807, 2.05) is 0 Å². The highest BCUT2D eigenvalue weighted by Crippen LogP contribution is 2.08. The van der Waals surface area contributed by atoms with E-state index in [1.165, 1.54) is 6.92 Å². The summed E-state index contributed by atoms with van der Waals surface area (Å²) in [6, 6.07) is -0.836. The first kappa shape index (κ1) is 12.1. The van der Waals surface area contributed by atoms with Crippen molar-refractivity contribution in [2.45, 2.75) is 45.8 Å². The summed E-state index contributed by atoms with van der Waals surface area (Å²) in [6.07, 6.45) is 0.0366. The van der Waals surface area contributed by atoms with Crippen molar-refractivity contribution in [3.05, 3.63) is 0 Å². The normalized spacial score (nSPS) is 13.6. The van der Waals surface area contributed by atoms with E-state index in [1.54, 1.807) is 20.8 Å². The molecule has 0 radical (unpaired) electrons. The number of carbonyl (C=O) groups excluding carboxylic acids is 2. The van der Waals surface area contributed by atoms with Crippen molar-refractivity contribution in [1.29, 1.82) is 0 Å². The maximum absolute atomic E-state index is 11.2. The molecule has 2 N–H and O–H groups in total. The molecule has 0 fully saturated rings. The van der Waals surface area contributed by atoms with Gasteiger partial charge in [0.05, 0.1) is 0 Å². The minimum Gasteiger partial charge on any atom is -0.459 e. The highest BCUT2D eigenvalue weighted by Gasteiger charge is 2.22. The van der Waals surface area contributed by atoms with Crippen molar-refractivity contribution in [2.24, 2.45) is 5.73 Å². The molecule has 0 heterocycles. The molecule has 13 heavy (non-hydrogen) atoms. The SMILES string of the molecule is CC(=O)C[C@@H](N)C(=O)OC(C)(C)C. The van der Waals surface area contributed by atoms with Crippen LogP contribution >= 0.6 is 0 Å². The Hall–Kier alpha value is -0.900. The van der Waals surface area contributed by atoms with Crippen molar-refractivity contribution < 1.29 is 14.3 Å². The molecular weight excluding hydrogens is 170 g/mol. The highest BCUT2D eigenvalue weighted by molar-refractivity contribution is 5.85. The first-order valence-electron chi connectivity index (χ1n) is 4.20. The van der Waals surface area contributed by atoms with Crippen molar-refractivity contribution in [2.75, 3.05) is 0 Å². The van der Waals surface area contributed by atoms with Gasteiger partial charge in [0.2, 0.25) is 0 Å². The zero-order valence-corrected chi connectivity index (χ0v) is 8.59. The van der Waals surface area contributed by atoms with Gasteiger partial charge in [0, 0.05) is 6.42 Å². The summed E-state index contributed by atoms with van der Waals surface area (Å²) in [4.78, 5) is 21.8. The number of rotatable bonds is 3. The van der Waals surface area contributed by atoms with E-state index in [-0.39, 0.29) is 12.2 Å². The highest BCUT2D eigenvalue weighted by atomic mass is 16.6. The number of hydrogen-bond acceptors (Lipinski definition) is 4. The van der Waals surface area contributed by atoms with Gasteiger partial charge in [0.1, 0.15) is 17.4 Å². The Morgan fingerprint density at radius 3 is 2.15 bits per heavy atom. The third-order valence-corrected chi connectivity index (χ3v) is 1.22. The van der Waals surface area contributed by atoms with Crippen LogP contribution in [0.5, 0.6) is 0 Å². The minimum atomic E-state index is -0.836. The van der Waals surface area contributed by atoms with Crippen LogP contribution in [0.2, 0.25) is 0 Å². The molecule has 0 saturated heterocycles. The zero-order chi connectivity index (χ0) is 10.6. The Morgan fingerprint density at radius 1 is 1.38 bits per heavy atom. The number of ketones is 1. The van der Waals surface area contributed by atoms with Crippen molar-refractivity contribution >= 4 is 11.8 Å². The molecule has 0 aromatic rings. The molecule has 0 aromatic heterocycles. The van der Waals surface area contributed by atoms with E-state index in [9.17, 15) is 9.59 Å². The second-order valence-corrected chi connectivity index (χ2v) is 4.05. The van der Waals surface area contributed by atoms with Gasteiger partial charge in [-0.15, -0.1) is 0 Å². The quantitative estimate of drug-likeness (QED) is 0.658. The maximum atomic E-state index is 11.2. The summed E-state index contributed by atoms with van der Waals surface area (Å²) in [5, 5.41) is 0. The molecule has 0 bridgehead atoms. The summed E-state index contributed by atoms with van der Waals surface area (Å²) < 4.78 is 4.98. The lowest BCUT2D eigenvalue weighted by Gasteiger charge is -2.21. The van der Waals surface area contributed by atoms with Crippen molar-refractivity contribution in [3.63, 3.8) is 0 Å². The molecule has 4 nitrogen and oxygen atoms in total. The molecule has 0 saturated carbocycles. The standard InChI is InChI=1S/C9H17NO3/c1-6(11)5-7(10)8(12)13-9(2,3)4/h7H,5,10H2,1-4H3/t7-/m1/s1. The predicted molar refractivity (Wildman–Crippen MR) is 49.1 cm³/mol. The maximum Gasteiger partial charge on any atom is 0.323 e. The van der Waals surface area contributed by atoms with Crippen LogP contribution < -0.4 is 5.73 Å². The van der Waals surface area contributed by atoms with Crippen LogP contribution in [0.1, 0.15) is 34.1 Å². The van der Waals surface area contributed by atoms with Gasteiger partial charge < -0.3 is 10.5 Å². The lowest BCUT2D eigenvalue weighted by molar-refractivity contribution is -0.157. The average Bonchev–Trinajstić information content (AvgIpc) is 1.81. The fourth-order valence-corrected chi connectivity index (χ4v) is 0.770. The number of Topliss-reactive ketones (excluding diaryl/α,β-unsaturated/α-hetero) is 1. The molecule has 0 aliphatic heterocycles. The van der Waals surface area contributed by atoms with Crippen LogP contribution in [-0.4, -0.2) is 23.4 Å². The zero-order valence-electron chi connectivity index (χ0n) is 8.59. The van der Waals surface area contributed by atoms with Crippen molar-refractivity contribution in [3.8, 4) is 0 Å². The van der Waals surface area contributed by atoms with Crippen molar-refractivity contribution in [1.82, 2.24) is 0 Å². The molecular formula is C9H17NO3. The van der Waals surface area contributed by atoms with Crippen LogP contribution in [0.25, 0.3) is 0 Å². The second-order valence-electron chi connectivity index (χ2n) is 4.05. The minimum absolute atomic E-state index is 0.0366. The molecule has 0 unspecified atom stereocenters. The molecule has 76 valence electrons. The van der Waals surface area contributed by atoms with E-state index in [0.717, 1.165) is 0 Å². The topological polar surface area (TPSA) is 69.4 Å². The fourth-order valence-electron chi connectivity index (χ4n) is 0.770. The van der Waals surface area contributed by atoms with Gasteiger partial charge in [0.25, 0.3) is 0 Å². The fraction of sp³-hybridized carbons (Fsp3) is 0.778. The van der Waals surface area contributed by atoms with Gasteiger partial charge in [-0.05, 0) is 27.7 Å². The van der Waals surface area contributed by atoms with E-state index in [0.29, 0.717) is 0 Å².